The van der Waals surface area contributed by atoms with Crippen LogP contribution in [0.3, 0.4) is 0 Å². The number of nitrogens with zero attached hydrogens (tertiary/aromatic N) is 1. The van der Waals surface area contributed by atoms with Crippen molar-refractivity contribution in [3.05, 3.63) is 60.5 Å². The monoisotopic (exact) mass is 241 g/mol. The fraction of sp³-hybridized carbons (Fsp3) is 0.312. The number of hydrogen-bond donors (Lipinski definition) is 0. The molecule has 0 aromatic carbocycles. The Morgan fingerprint density at radius 3 is 3.00 bits per heavy atom. The van der Waals surface area contributed by atoms with Gasteiger partial charge >= 0.3 is 0 Å². The number of hydrogen-bond acceptors (Lipinski definition) is 2. The van der Waals surface area contributed by atoms with Gasteiger partial charge in [-0.2, -0.15) is 0 Å². The molecule has 0 amide bonds. The highest BCUT2D eigenvalue weighted by atomic mass is 16.5. The minimum absolute atomic E-state index is 0.283. The van der Waals surface area contributed by atoms with E-state index < -0.39 is 0 Å². The van der Waals surface area contributed by atoms with Crippen LogP contribution in [0.4, 0.5) is 0 Å². The predicted octanol–water partition coefficient (Wildman–Crippen LogP) is 4.03. The Labute approximate surface area is 109 Å². The van der Waals surface area contributed by atoms with Crippen molar-refractivity contribution in [2.24, 2.45) is 0 Å². The van der Waals surface area contributed by atoms with Crippen LogP contribution in [0.2, 0.25) is 0 Å². The lowest BCUT2D eigenvalue weighted by Gasteiger charge is -2.11. The Bertz CT molecular complexity index is 456. The summed E-state index contributed by atoms with van der Waals surface area (Å²) in [6.07, 6.45) is 12.3. The van der Waals surface area contributed by atoms with E-state index in [4.69, 9.17) is 4.74 Å². The molecule has 94 valence electrons. The van der Waals surface area contributed by atoms with Gasteiger partial charge in [-0.1, -0.05) is 31.2 Å². The van der Waals surface area contributed by atoms with Crippen LogP contribution in [-0.2, 0) is 0 Å². The third-order valence-corrected chi connectivity index (χ3v) is 3.10. The highest BCUT2D eigenvalue weighted by molar-refractivity contribution is 5.25. The summed E-state index contributed by atoms with van der Waals surface area (Å²) in [6.45, 7) is 6.51. The largest absolute Gasteiger partial charge is 0.488 e. The molecule has 0 N–H and O–H groups in total. The predicted molar refractivity (Wildman–Crippen MR) is 74.8 cm³/mol. The van der Waals surface area contributed by atoms with Crippen LogP contribution < -0.4 is 4.74 Å². The SMILES string of the molecule is C=CC(C)c1ccc(OCC2=CC=CCC2)cn1. The highest BCUT2D eigenvalue weighted by Crippen LogP contribution is 2.18. The second-order valence-electron chi connectivity index (χ2n) is 4.52. The van der Waals surface area contributed by atoms with E-state index in [1.54, 1.807) is 6.20 Å². The zero-order valence-corrected chi connectivity index (χ0v) is 10.8. The molecule has 0 saturated heterocycles. The van der Waals surface area contributed by atoms with Crippen LogP contribution in [0.1, 0.15) is 31.4 Å². The Morgan fingerprint density at radius 2 is 2.39 bits per heavy atom. The van der Waals surface area contributed by atoms with E-state index in [9.17, 15) is 0 Å². The molecule has 1 unspecified atom stereocenters. The van der Waals surface area contributed by atoms with E-state index in [1.165, 1.54) is 5.57 Å². The molecule has 1 aliphatic carbocycles. The molecular formula is C16H19NO. The summed E-state index contributed by atoms with van der Waals surface area (Å²) in [5.74, 6) is 1.11. The van der Waals surface area contributed by atoms with E-state index in [0.29, 0.717) is 6.61 Å². The van der Waals surface area contributed by atoms with Crippen molar-refractivity contribution < 1.29 is 4.74 Å². The van der Waals surface area contributed by atoms with Gasteiger partial charge in [0.1, 0.15) is 12.4 Å². The summed E-state index contributed by atoms with van der Waals surface area (Å²) in [5, 5.41) is 0. The molecule has 1 aliphatic rings. The first kappa shape index (κ1) is 12.6. The van der Waals surface area contributed by atoms with Crippen LogP contribution in [0.25, 0.3) is 0 Å². The van der Waals surface area contributed by atoms with Gasteiger partial charge in [-0.05, 0) is 30.5 Å². The first-order valence-corrected chi connectivity index (χ1v) is 6.35. The molecule has 1 aromatic heterocycles. The number of pyridine rings is 1. The first-order valence-electron chi connectivity index (χ1n) is 6.35. The molecule has 0 saturated carbocycles. The Balaban J connectivity index is 1.92. The number of rotatable bonds is 5. The molecule has 18 heavy (non-hydrogen) atoms. The van der Waals surface area contributed by atoms with E-state index in [-0.39, 0.29) is 5.92 Å². The van der Waals surface area contributed by atoms with Crippen molar-refractivity contribution in [3.8, 4) is 5.75 Å². The summed E-state index contributed by atoms with van der Waals surface area (Å²) >= 11 is 0. The van der Waals surface area contributed by atoms with Crippen molar-refractivity contribution in [2.75, 3.05) is 6.61 Å². The maximum absolute atomic E-state index is 5.72. The molecule has 2 nitrogen and oxygen atoms in total. The van der Waals surface area contributed by atoms with Crippen LogP contribution in [0.15, 0.2) is 54.8 Å². The lowest BCUT2D eigenvalue weighted by Crippen LogP contribution is -2.03. The molecule has 0 radical (unpaired) electrons. The van der Waals surface area contributed by atoms with Gasteiger partial charge in [0, 0.05) is 11.6 Å². The Hall–Kier alpha value is -1.83. The van der Waals surface area contributed by atoms with E-state index in [0.717, 1.165) is 24.3 Å². The van der Waals surface area contributed by atoms with Crippen LogP contribution in [-0.4, -0.2) is 11.6 Å². The third kappa shape index (κ3) is 3.33. The molecule has 0 fully saturated rings. The zero-order chi connectivity index (χ0) is 12.8. The number of ether oxygens (including phenoxy) is 1. The maximum atomic E-state index is 5.72. The topological polar surface area (TPSA) is 22.1 Å². The van der Waals surface area contributed by atoms with Gasteiger partial charge in [-0.25, -0.2) is 0 Å². The van der Waals surface area contributed by atoms with Crippen molar-refractivity contribution in [1.29, 1.82) is 0 Å². The van der Waals surface area contributed by atoms with Gasteiger partial charge in [0.15, 0.2) is 0 Å². The lowest BCUT2D eigenvalue weighted by molar-refractivity contribution is 0.345. The van der Waals surface area contributed by atoms with Crippen LogP contribution in [0.5, 0.6) is 5.75 Å². The van der Waals surface area contributed by atoms with Gasteiger partial charge in [0.25, 0.3) is 0 Å². The van der Waals surface area contributed by atoms with Gasteiger partial charge in [0.05, 0.1) is 6.20 Å². The van der Waals surface area contributed by atoms with Crippen molar-refractivity contribution >= 4 is 0 Å². The fourth-order valence-corrected chi connectivity index (χ4v) is 1.82. The molecule has 2 heteroatoms. The van der Waals surface area contributed by atoms with Gasteiger partial charge in [-0.15, -0.1) is 6.58 Å². The average molecular weight is 241 g/mol. The molecule has 1 aromatic rings. The third-order valence-electron chi connectivity index (χ3n) is 3.10. The van der Waals surface area contributed by atoms with Gasteiger partial charge < -0.3 is 4.74 Å². The van der Waals surface area contributed by atoms with Crippen molar-refractivity contribution in [1.82, 2.24) is 4.98 Å². The van der Waals surface area contributed by atoms with E-state index in [1.807, 2.05) is 18.2 Å². The summed E-state index contributed by atoms with van der Waals surface area (Å²) in [4.78, 5) is 4.38. The zero-order valence-electron chi connectivity index (χ0n) is 10.8. The number of aromatic nitrogens is 1. The summed E-state index contributed by atoms with van der Waals surface area (Å²) < 4.78 is 5.72. The van der Waals surface area contributed by atoms with Crippen LogP contribution >= 0.6 is 0 Å². The fourth-order valence-electron chi connectivity index (χ4n) is 1.82. The van der Waals surface area contributed by atoms with Crippen LogP contribution in [0, 0.1) is 0 Å². The maximum Gasteiger partial charge on any atom is 0.138 e. The Morgan fingerprint density at radius 1 is 1.50 bits per heavy atom. The normalized spacial score (nSPS) is 15.9. The van der Waals surface area contributed by atoms with E-state index in [2.05, 4.69) is 36.7 Å². The first-order chi connectivity index (χ1) is 8.79. The molecule has 2 rings (SSSR count). The van der Waals surface area contributed by atoms with Gasteiger partial charge in [-0.3, -0.25) is 4.98 Å². The molecule has 0 bridgehead atoms. The second-order valence-corrected chi connectivity index (χ2v) is 4.52. The van der Waals surface area contributed by atoms with Gasteiger partial charge in [0.2, 0.25) is 0 Å². The summed E-state index contributed by atoms with van der Waals surface area (Å²) in [6, 6.07) is 3.97. The number of allylic oxidation sites excluding steroid dienone is 4. The minimum atomic E-state index is 0.283. The standard InChI is InChI=1S/C16H19NO/c1-3-13(2)16-10-9-15(11-17-16)18-12-14-7-5-4-6-8-14/h3-5,7,9-11,13H,1,6,8,12H2,2H3. The highest BCUT2D eigenvalue weighted by Gasteiger charge is 2.04. The molecule has 0 spiro atoms. The lowest BCUT2D eigenvalue weighted by atomic mass is 10.1. The summed E-state index contributed by atoms with van der Waals surface area (Å²) in [5.41, 5.74) is 2.36. The average Bonchev–Trinajstić information content (AvgIpc) is 2.46. The second kappa shape index (κ2) is 6.20. The molecular weight excluding hydrogens is 222 g/mol. The van der Waals surface area contributed by atoms with Crippen molar-refractivity contribution in [3.63, 3.8) is 0 Å². The smallest absolute Gasteiger partial charge is 0.138 e. The molecule has 1 atom stereocenters. The molecule has 0 aliphatic heterocycles. The quantitative estimate of drug-likeness (QED) is 0.726. The van der Waals surface area contributed by atoms with E-state index >= 15 is 0 Å². The van der Waals surface area contributed by atoms with Crippen molar-refractivity contribution in [2.45, 2.75) is 25.7 Å². The minimum Gasteiger partial charge on any atom is -0.488 e. The summed E-state index contributed by atoms with van der Waals surface area (Å²) in [7, 11) is 0. The molecule has 1 heterocycles. The Kier molecular flexibility index (Phi) is 4.35.